The van der Waals surface area contributed by atoms with Gasteiger partial charge in [-0.3, -0.25) is 4.79 Å². The lowest BCUT2D eigenvalue weighted by atomic mass is 10.1. The summed E-state index contributed by atoms with van der Waals surface area (Å²) in [6, 6.07) is 4.93. The molecule has 1 aliphatic rings. The van der Waals surface area contributed by atoms with Crippen LogP contribution in [0.1, 0.15) is 23.2 Å². The Morgan fingerprint density at radius 1 is 1.44 bits per heavy atom. The van der Waals surface area contributed by atoms with Gasteiger partial charge in [0.05, 0.1) is 12.7 Å². The Labute approximate surface area is 111 Å². The molecule has 0 radical (unpaired) electrons. The number of carbonyl (C=O) groups is 1. The summed E-state index contributed by atoms with van der Waals surface area (Å²) in [5, 5.41) is 12.7. The Balaban J connectivity index is 2.03. The predicted octanol–water partition coefficient (Wildman–Crippen LogP) is 2.03. The molecule has 1 fully saturated rings. The van der Waals surface area contributed by atoms with E-state index < -0.39 is 0 Å². The molecule has 1 aromatic carbocycles. The Hall–Kier alpha value is -1.36. The summed E-state index contributed by atoms with van der Waals surface area (Å²) in [4.78, 5) is 12.0. The third-order valence-electron chi connectivity index (χ3n) is 3.01. The minimum absolute atomic E-state index is 0.0444. The van der Waals surface area contributed by atoms with Crippen LogP contribution in [0.15, 0.2) is 18.2 Å². The van der Waals surface area contributed by atoms with Crippen LogP contribution in [-0.4, -0.2) is 35.7 Å². The molecular formula is C13H17NO3S. The molecule has 1 aromatic rings. The van der Waals surface area contributed by atoms with Crippen molar-refractivity contribution in [1.29, 1.82) is 0 Å². The fourth-order valence-electron chi connectivity index (χ4n) is 1.94. The summed E-state index contributed by atoms with van der Waals surface area (Å²) in [5.74, 6) is 2.45. The second kappa shape index (κ2) is 6.00. The number of phenols is 1. The van der Waals surface area contributed by atoms with Crippen LogP contribution in [0.3, 0.4) is 0 Å². The van der Waals surface area contributed by atoms with E-state index in [4.69, 9.17) is 4.74 Å². The van der Waals surface area contributed by atoms with Gasteiger partial charge in [-0.25, -0.2) is 0 Å². The van der Waals surface area contributed by atoms with Crippen molar-refractivity contribution in [2.24, 2.45) is 0 Å². The fraction of sp³-hybridized carbons (Fsp3) is 0.462. The van der Waals surface area contributed by atoms with E-state index in [1.54, 1.807) is 12.1 Å². The van der Waals surface area contributed by atoms with Gasteiger partial charge in [0, 0.05) is 12.1 Å². The topological polar surface area (TPSA) is 58.6 Å². The highest BCUT2D eigenvalue weighted by Crippen LogP contribution is 2.24. The summed E-state index contributed by atoms with van der Waals surface area (Å²) >= 11 is 1.91. The number of nitrogens with one attached hydrogen (secondary N) is 1. The van der Waals surface area contributed by atoms with Crippen molar-refractivity contribution in [3.05, 3.63) is 23.8 Å². The van der Waals surface area contributed by atoms with Crippen molar-refractivity contribution in [3.63, 3.8) is 0 Å². The molecule has 0 saturated carbocycles. The highest BCUT2D eigenvalue weighted by Gasteiger charge is 2.18. The average molecular weight is 267 g/mol. The SMILES string of the molecule is COc1ccc(C(=O)NC2CCSCC2)c(O)c1. The van der Waals surface area contributed by atoms with Gasteiger partial charge in [0.1, 0.15) is 11.5 Å². The summed E-state index contributed by atoms with van der Waals surface area (Å²) in [5.41, 5.74) is 0.300. The summed E-state index contributed by atoms with van der Waals surface area (Å²) < 4.78 is 4.99. The van der Waals surface area contributed by atoms with Crippen molar-refractivity contribution in [2.75, 3.05) is 18.6 Å². The van der Waals surface area contributed by atoms with E-state index in [2.05, 4.69) is 5.32 Å². The van der Waals surface area contributed by atoms with Crippen LogP contribution in [0.4, 0.5) is 0 Å². The molecule has 1 heterocycles. The summed E-state index contributed by atoms with van der Waals surface area (Å²) in [6.45, 7) is 0. The third-order valence-corrected chi connectivity index (χ3v) is 4.05. The smallest absolute Gasteiger partial charge is 0.255 e. The predicted molar refractivity (Wildman–Crippen MR) is 72.5 cm³/mol. The summed E-state index contributed by atoms with van der Waals surface area (Å²) in [7, 11) is 1.52. The first-order valence-electron chi connectivity index (χ1n) is 5.96. The van der Waals surface area contributed by atoms with Crippen LogP contribution in [0.25, 0.3) is 0 Å². The number of rotatable bonds is 3. The highest BCUT2D eigenvalue weighted by molar-refractivity contribution is 7.99. The van der Waals surface area contributed by atoms with Crippen molar-refractivity contribution in [2.45, 2.75) is 18.9 Å². The third kappa shape index (κ3) is 3.10. The first kappa shape index (κ1) is 13.1. The quantitative estimate of drug-likeness (QED) is 0.879. The Morgan fingerprint density at radius 2 is 2.17 bits per heavy atom. The molecule has 0 aromatic heterocycles. The molecule has 98 valence electrons. The monoisotopic (exact) mass is 267 g/mol. The first-order chi connectivity index (χ1) is 8.70. The van der Waals surface area contributed by atoms with Gasteiger partial charge in [-0.2, -0.15) is 11.8 Å². The maximum atomic E-state index is 12.0. The van der Waals surface area contributed by atoms with E-state index in [1.807, 2.05) is 11.8 Å². The van der Waals surface area contributed by atoms with E-state index in [0.717, 1.165) is 24.3 Å². The Kier molecular flexibility index (Phi) is 4.36. The molecule has 2 rings (SSSR count). The van der Waals surface area contributed by atoms with Gasteiger partial charge in [0.15, 0.2) is 0 Å². The van der Waals surface area contributed by atoms with Gasteiger partial charge >= 0.3 is 0 Å². The minimum Gasteiger partial charge on any atom is -0.507 e. The molecule has 0 aliphatic carbocycles. The molecule has 0 bridgehead atoms. The minimum atomic E-state index is -0.216. The first-order valence-corrected chi connectivity index (χ1v) is 7.12. The van der Waals surface area contributed by atoms with Crippen LogP contribution >= 0.6 is 11.8 Å². The number of phenolic OH excluding ortho intramolecular Hbond substituents is 1. The Bertz CT molecular complexity index is 430. The number of carbonyl (C=O) groups excluding carboxylic acids is 1. The van der Waals surface area contributed by atoms with Crippen LogP contribution in [0, 0.1) is 0 Å². The van der Waals surface area contributed by atoms with Gasteiger partial charge in [-0.15, -0.1) is 0 Å². The number of benzene rings is 1. The molecule has 0 atom stereocenters. The van der Waals surface area contributed by atoms with Gasteiger partial charge in [0.2, 0.25) is 0 Å². The molecule has 5 heteroatoms. The number of thioether (sulfide) groups is 1. The van der Waals surface area contributed by atoms with Crippen molar-refractivity contribution < 1.29 is 14.6 Å². The maximum absolute atomic E-state index is 12.0. The molecule has 1 saturated heterocycles. The second-order valence-corrected chi connectivity index (χ2v) is 5.47. The number of hydrogen-bond donors (Lipinski definition) is 2. The molecule has 2 N–H and O–H groups in total. The van der Waals surface area contributed by atoms with Crippen LogP contribution < -0.4 is 10.1 Å². The van der Waals surface area contributed by atoms with E-state index in [9.17, 15) is 9.90 Å². The summed E-state index contributed by atoms with van der Waals surface area (Å²) in [6.07, 6.45) is 1.99. The van der Waals surface area contributed by atoms with Crippen molar-refractivity contribution in [3.8, 4) is 11.5 Å². The number of hydrogen-bond acceptors (Lipinski definition) is 4. The standard InChI is InChI=1S/C13H17NO3S/c1-17-10-2-3-11(12(15)8-10)13(16)14-9-4-6-18-7-5-9/h2-3,8-9,15H,4-7H2,1H3,(H,14,16). The van der Waals surface area contributed by atoms with Crippen molar-refractivity contribution >= 4 is 17.7 Å². The number of amides is 1. The lowest BCUT2D eigenvalue weighted by Gasteiger charge is -2.22. The highest BCUT2D eigenvalue weighted by atomic mass is 32.2. The molecule has 4 nitrogen and oxygen atoms in total. The van der Waals surface area contributed by atoms with E-state index in [-0.39, 0.29) is 17.7 Å². The zero-order valence-corrected chi connectivity index (χ0v) is 11.1. The molecule has 0 spiro atoms. The lowest BCUT2D eigenvalue weighted by Crippen LogP contribution is -2.37. The number of methoxy groups -OCH3 is 1. The van der Waals surface area contributed by atoms with E-state index in [1.165, 1.54) is 13.2 Å². The molecule has 0 unspecified atom stereocenters. The van der Waals surface area contributed by atoms with Crippen molar-refractivity contribution in [1.82, 2.24) is 5.32 Å². The maximum Gasteiger partial charge on any atom is 0.255 e. The molecule has 18 heavy (non-hydrogen) atoms. The molecular weight excluding hydrogens is 250 g/mol. The Morgan fingerprint density at radius 3 is 2.78 bits per heavy atom. The zero-order valence-electron chi connectivity index (χ0n) is 10.3. The van der Waals surface area contributed by atoms with Gasteiger partial charge < -0.3 is 15.2 Å². The van der Waals surface area contributed by atoms with Gasteiger partial charge in [0.25, 0.3) is 5.91 Å². The zero-order chi connectivity index (χ0) is 13.0. The normalized spacial score (nSPS) is 16.3. The molecule has 1 aliphatic heterocycles. The number of aromatic hydroxyl groups is 1. The van der Waals surface area contributed by atoms with E-state index >= 15 is 0 Å². The van der Waals surface area contributed by atoms with Gasteiger partial charge in [-0.05, 0) is 36.5 Å². The van der Waals surface area contributed by atoms with Gasteiger partial charge in [-0.1, -0.05) is 0 Å². The van der Waals surface area contributed by atoms with E-state index in [0.29, 0.717) is 11.3 Å². The second-order valence-electron chi connectivity index (χ2n) is 4.24. The lowest BCUT2D eigenvalue weighted by molar-refractivity contribution is 0.0932. The average Bonchev–Trinajstić information content (AvgIpc) is 2.39. The fourth-order valence-corrected chi connectivity index (χ4v) is 3.04. The number of ether oxygens (including phenoxy) is 1. The van der Waals surface area contributed by atoms with Crippen LogP contribution in [0.2, 0.25) is 0 Å². The largest absolute Gasteiger partial charge is 0.507 e. The van der Waals surface area contributed by atoms with Crippen LogP contribution in [0.5, 0.6) is 11.5 Å². The molecule has 1 amide bonds. The van der Waals surface area contributed by atoms with Crippen LogP contribution in [-0.2, 0) is 0 Å².